The predicted octanol–water partition coefficient (Wildman–Crippen LogP) is 2.27. The fraction of sp³-hybridized carbons (Fsp3) is 0.200. The summed E-state index contributed by atoms with van der Waals surface area (Å²) in [6, 6.07) is 11.8. The molecule has 0 spiro atoms. The Hall–Kier alpha value is -3.57. The Morgan fingerprint density at radius 2 is 1.65 bits per heavy atom. The first-order chi connectivity index (χ1) is 14.8. The van der Waals surface area contributed by atoms with E-state index in [1.165, 1.54) is 13.0 Å². The molecule has 0 fully saturated rings. The first-order valence-corrected chi connectivity index (χ1v) is 10.9. The van der Waals surface area contributed by atoms with Gasteiger partial charge in [0.15, 0.2) is 5.82 Å². The van der Waals surface area contributed by atoms with Crippen molar-refractivity contribution in [1.29, 1.82) is 0 Å². The van der Waals surface area contributed by atoms with Crippen LogP contribution in [0.1, 0.15) is 12.5 Å². The molecule has 0 aliphatic heterocycles. The van der Waals surface area contributed by atoms with E-state index in [4.69, 9.17) is 0 Å². The fourth-order valence-corrected chi connectivity index (χ4v) is 4.02. The summed E-state index contributed by atoms with van der Waals surface area (Å²) in [5, 5.41) is 16.9. The topological polar surface area (TPSA) is 138 Å². The Labute approximate surface area is 180 Å². The average molecular weight is 442 g/mol. The third-order valence-electron chi connectivity index (χ3n) is 4.13. The molecule has 0 aliphatic rings. The van der Waals surface area contributed by atoms with Crippen LogP contribution in [-0.4, -0.2) is 42.6 Å². The van der Waals surface area contributed by atoms with Gasteiger partial charge in [-0.2, -0.15) is 0 Å². The van der Waals surface area contributed by atoms with Crippen molar-refractivity contribution >= 4 is 38.9 Å². The zero-order valence-corrected chi connectivity index (χ0v) is 17.9. The van der Waals surface area contributed by atoms with Crippen molar-refractivity contribution in [3.8, 4) is 0 Å². The van der Waals surface area contributed by atoms with Crippen LogP contribution in [0.4, 0.5) is 23.0 Å². The van der Waals surface area contributed by atoms with E-state index in [1.54, 1.807) is 43.6 Å². The van der Waals surface area contributed by atoms with Crippen LogP contribution in [0.2, 0.25) is 0 Å². The molecule has 0 atom stereocenters. The Morgan fingerprint density at radius 1 is 0.935 bits per heavy atom. The number of carbonyl (C=O) groups excluding carboxylic acids is 1. The predicted molar refractivity (Wildman–Crippen MR) is 119 cm³/mol. The Kier molecular flexibility index (Phi) is 7.11. The molecular formula is C20H23N7O3S. The van der Waals surface area contributed by atoms with Gasteiger partial charge in [-0.05, 0) is 55.0 Å². The summed E-state index contributed by atoms with van der Waals surface area (Å²) in [6.07, 6.45) is 3.34. The third-order valence-corrected chi connectivity index (χ3v) is 5.75. The lowest BCUT2D eigenvalue weighted by molar-refractivity contribution is -0.114. The number of amides is 1. The highest BCUT2D eigenvalue weighted by Crippen LogP contribution is 2.19. The second kappa shape index (κ2) is 9.96. The average Bonchev–Trinajstić information content (AvgIpc) is 2.72. The van der Waals surface area contributed by atoms with Gasteiger partial charge in [0.05, 0.1) is 4.90 Å². The Morgan fingerprint density at radius 3 is 2.29 bits per heavy atom. The molecule has 31 heavy (non-hydrogen) atoms. The molecule has 2 heterocycles. The summed E-state index contributed by atoms with van der Waals surface area (Å²) < 4.78 is 27.6. The minimum absolute atomic E-state index is 0.160. The first-order valence-electron chi connectivity index (χ1n) is 9.46. The molecule has 1 aromatic carbocycles. The van der Waals surface area contributed by atoms with Gasteiger partial charge in [-0.1, -0.05) is 0 Å². The van der Waals surface area contributed by atoms with Crippen LogP contribution >= 0.6 is 0 Å². The summed E-state index contributed by atoms with van der Waals surface area (Å²) in [5.41, 5.74) is 1.93. The number of anilines is 4. The van der Waals surface area contributed by atoms with Crippen LogP contribution in [0.25, 0.3) is 0 Å². The lowest BCUT2D eigenvalue weighted by atomic mass is 10.2. The third kappa shape index (κ3) is 6.46. The maximum absolute atomic E-state index is 12.5. The highest BCUT2D eigenvalue weighted by Gasteiger charge is 2.16. The molecule has 0 unspecified atom stereocenters. The zero-order chi connectivity index (χ0) is 22.3. The van der Waals surface area contributed by atoms with Crippen molar-refractivity contribution in [2.75, 3.05) is 29.0 Å². The minimum atomic E-state index is -3.69. The summed E-state index contributed by atoms with van der Waals surface area (Å²) in [5.74, 6) is 0.884. The summed E-state index contributed by atoms with van der Waals surface area (Å²) in [6.45, 7) is 3.56. The van der Waals surface area contributed by atoms with E-state index in [-0.39, 0.29) is 17.3 Å². The molecule has 3 rings (SSSR count). The van der Waals surface area contributed by atoms with Gasteiger partial charge in [0, 0.05) is 43.8 Å². The Bertz CT molecular complexity index is 1140. The SMILES string of the molecule is CC(=O)Nc1ccc(S(=O)(=O)NCCNc2ccc(Nc3ccncc3)nn2)c(C)c1. The number of hydrogen-bond acceptors (Lipinski definition) is 8. The number of aryl methyl sites for hydroxylation is 1. The van der Waals surface area contributed by atoms with E-state index in [0.717, 1.165) is 5.69 Å². The van der Waals surface area contributed by atoms with Crippen LogP contribution in [0, 0.1) is 6.92 Å². The normalized spacial score (nSPS) is 11.0. The van der Waals surface area contributed by atoms with Crippen molar-refractivity contribution in [1.82, 2.24) is 19.9 Å². The van der Waals surface area contributed by atoms with Gasteiger partial charge in [-0.25, -0.2) is 13.1 Å². The maximum Gasteiger partial charge on any atom is 0.240 e. The first kappa shape index (κ1) is 22.1. The van der Waals surface area contributed by atoms with Gasteiger partial charge in [-0.3, -0.25) is 9.78 Å². The summed E-state index contributed by atoms with van der Waals surface area (Å²) in [4.78, 5) is 15.2. The summed E-state index contributed by atoms with van der Waals surface area (Å²) >= 11 is 0. The molecule has 4 N–H and O–H groups in total. The molecule has 0 radical (unpaired) electrons. The molecule has 0 aliphatic carbocycles. The van der Waals surface area contributed by atoms with E-state index in [1.807, 2.05) is 12.1 Å². The largest absolute Gasteiger partial charge is 0.367 e. The number of pyridine rings is 1. The monoisotopic (exact) mass is 441 g/mol. The number of nitrogens with one attached hydrogen (secondary N) is 4. The van der Waals surface area contributed by atoms with Crippen LogP contribution in [-0.2, 0) is 14.8 Å². The number of hydrogen-bond donors (Lipinski definition) is 4. The van der Waals surface area contributed by atoms with Gasteiger partial charge in [0.1, 0.15) is 5.82 Å². The second-order valence-electron chi connectivity index (χ2n) is 6.65. The minimum Gasteiger partial charge on any atom is -0.367 e. The number of sulfonamides is 1. The number of benzene rings is 1. The van der Waals surface area contributed by atoms with Gasteiger partial charge < -0.3 is 16.0 Å². The second-order valence-corrected chi connectivity index (χ2v) is 8.39. The van der Waals surface area contributed by atoms with E-state index in [9.17, 15) is 13.2 Å². The van der Waals surface area contributed by atoms with Crippen molar-refractivity contribution in [2.45, 2.75) is 18.7 Å². The number of aromatic nitrogens is 3. The molecule has 2 aromatic heterocycles. The molecule has 162 valence electrons. The molecule has 0 saturated carbocycles. The van der Waals surface area contributed by atoms with Crippen LogP contribution in [0.3, 0.4) is 0 Å². The molecule has 10 nitrogen and oxygen atoms in total. The van der Waals surface area contributed by atoms with E-state index in [0.29, 0.717) is 29.4 Å². The van der Waals surface area contributed by atoms with Gasteiger partial charge in [0.2, 0.25) is 15.9 Å². The molecule has 3 aromatic rings. The van der Waals surface area contributed by atoms with E-state index < -0.39 is 10.0 Å². The molecular weight excluding hydrogens is 418 g/mol. The number of rotatable bonds is 9. The molecule has 0 bridgehead atoms. The maximum atomic E-state index is 12.5. The standard InChI is InChI=1S/C20H23N7O3S/c1-14-13-17(24-15(2)28)3-4-18(14)31(29,30)23-12-11-22-19-5-6-20(27-26-19)25-16-7-9-21-10-8-16/h3-10,13,23H,11-12H2,1-2H3,(H,22,26)(H,24,28)(H,21,25,27). The smallest absolute Gasteiger partial charge is 0.240 e. The molecule has 1 amide bonds. The van der Waals surface area contributed by atoms with Crippen LogP contribution in [0.15, 0.2) is 59.8 Å². The highest BCUT2D eigenvalue weighted by molar-refractivity contribution is 7.89. The van der Waals surface area contributed by atoms with E-state index in [2.05, 4.69) is 35.9 Å². The highest BCUT2D eigenvalue weighted by atomic mass is 32.2. The Balaban J connectivity index is 1.50. The lowest BCUT2D eigenvalue weighted by Gasteiger charge is -2.12. The van der Waals surface area contributed by atoms with Crippen molar-refractivity contribution in [3.63, 3.8) is 0 Å². The molecule has 11 heteroatoms. The van der Waals surface area contributed by atoms with Crippen molar-refractivity contribution in [3.05, 3.63) is 60.4 Å². The van der Waals surface area contributed by atoms with Gasteiger partial charge in [0.25, 0.3) is 0 Å². The fourth-order valence-electron chi connectivity index (χ4n) is 2.76. The van der Waals surface area contributed by atoms with Crippen molar-refractivity contribution < 1.29 is 13.2 Å². The van der Waals surface area contributed by atoms with E-state index >= 15 is 0 Å². The number of nitrogens with zero attached hydrogens (tertiary/aromatic N) is 3. The lowest BCUT2D eigenvalue weighted by Crippen LogP contribution is -2.29. The van der Waals surface area contributed by atoms with Crippen LogP contribution in [0.5, 0.6) is 0 Å². The van der Waals surface area contributed by atoms with Gasteiger partial charge >= 0.3 is 0 Å². The number of carbonyl (C=O) groups is 1. The molecule has 0 saturated heterocycles. The van der Waals surface area contributed by atoms with Crippen molar-refractivity contribution in [2.24, 2.45) is 0 Å². The summed E-state index contributed by atoms with van der Waals surface area (Å²) in [7, 11) is -3.69. The quantitative estimate of drug-likeness (QED) is 0.371. The van der Waals surface area contributed by atoms with Gasteiger partial charge in [-0.15, -0.1) is 10.2 Å². The zero-order valence-electron chi connectivity index (χ0n) is 17.1. The van der Waals surface area contributed by atoms with Crippen LogP contribution < -0.4 is 20.7 Å².